The van der Waals surface area contributed by atoms with Gasteiger partial charge in [-0.15, -0.1) is 0 Å². The van der Waals surface area contributed by atoms with E-state index < -0.39 is 0 Å². The normalized spacial score (nSPS) is 21.4. The molecule has 0 aliphatic carbocycles. The van der Waals surface area contributed by atoms with Crippen LogP contribution in [0.1, 0.15) is 31.9 Å². The number of nitrogens with zero attached hydrogens (tertiary/aromatic N) is 3. The van der Waals surface area contributed by atoms with Gasteiger partial charge in [0.25, 0.3) is 0 Å². The molecule has 2 aliphatic heterocycles. The smallest absolute Gasteiger partial charge is 0.152 e. The number of aliphatic hydroxyl groups is 1. The highest BCUT2D eigenvalue weighted by molar-refractivity contribution is 7.99. The van der Waals surface area contributed by atoms with Crippen molar-refractivity contribution in [2.45, 2.75) is 48.8 Å². The number of ether oxygens (including phenoxy) is 1. The van der Waals surface area contributed by atoms with E-state index in [1.807, 2.05) is 12.1 Å². The SMILES string of the molecule is C[C@H]1CC2(CCN(c3ncc(Sc4cccc(Cl)c4Cl)nc3CO)CC2)CO1. The molecule has 1 spiro atoms. The second-order valence-corrected chi connectivity index (χ2v) is 9.45. The van der Waals surface area contributed by atoms with Gasteiger partial charge in [-0.3, -0.25) is 0 Å². The van der Waals surface area contributed by atoms with Gasteiger partial charge in [0.05, 0.1) is 35.6 Å². The molecular weight excluding hydrogens is 417 g/mol. The molecule has 0 saturated carbocycles. The lowest BCUT2D eigenvalue weighted by Gasteiger charge is -2.39. The van der Waals surface area contributed by atoms with E-state index in [1.54, 1.807) is 12.3 Å². The number of halogens is 2. The Morgan fingerprint density at radius 2 is 2.11 bits per heavy atom. The van der Waals surface area contributed by atoms with Crippen molar-refractivity contribution < 1.29 is 9.84 Å². The van der Waals surface area contributed by atoms with Gasteiger partial charge >= 0.3 is 0 Å². The van der Waals surface area contributed by atoms with Crippen LogP contribution in [0.5, 0.6) is 0 Å². The average Bonchev–Trinajstić information content (AvgIpc) is 3.06. The van der Waals surface area contributed by atoms with Gasteiger partial charge < -0.3 is 14.7 Å². The molecule has 3 heterocycles. The summed E-state index contributed by atoms with van der Waals surface area (Å²) < 4.78 is 5.81. The van der Waals surface area contributed by atoms with Crippen LogP contribution in [0.2, 0.25) is 10.0 Å². The molecule has 8 heteroatoms. The lowest BCUT2D eigenvalue weighted by atomic mass is 9.77. The van der Waals surface area contributed by atoms with Gasteiger partial charge in [-0.2, -0.15) is 0 Å². The fraction of sp³-hybridized carbons (Fsp3) is 0.500. The van der Waals surface area contributed by atoms with Crippen LogP contribution in [0.3, 0.4) is 0 Å². The van der Waals surface area contributed by atoms with Crippen molar-refractivity contribution in [3.8, 4) is 0 Å². The van der Waals surface area contributed by atoms with Crippen LogP contribution in [-0.4, -0.2) is 40.9 Å². The molecule has 28 heavy (non-hydrogen) atoms. The predicted octanol–water partition coefficient (Wildman–Crippen LogP) is 4.82. The molecule has 1 N–H and O–H groups in total. The topological polar surface area (TPSA) is 58.5 Å². The molecule has 0 amide bonds. The van der Waals surface area contributed by atoms with E-state index in [1.165, 1.54) is 11.8 Å². The molecule has 5 nitrogen and oxygen atoms in total. The van der Waals surface area contributed by atoms with Crippen LogP contribution in [0.15, 0.2) is 34.3 Å². The standard InChI is InChI=1S/C20H23Cl2N3O2S/c1-13-9-20(12-27-13)5-7-25(8-6-20)19-15(11-26)24-17(10-23-19)28-16-4-2-3-14(21)18(16)22/h2-4,10,13,26H,5-9,11-12H2,1H3/t13-/m0/s1. The minimum absolute atomic E-state index is 0.151. The van der Waals surface area contributed by atoms with E-state index in [2.05, 4.69) is 21.8 Å². The Balaban J connectivity index is 1.49. The summed E-state index contributed by atoms with van der Waals surface area (Å²) >= 11 is 13.8. The number of hydrogen-bond donors (Lipinski definition) is 1. The quantitative estimate of drug-likeness (QED) is 0.736. The highest BCUT2D eigenvalue weighted by atomic mass is 35.5. The van der Waals surface area contributed by atoms with Gasteiger partial charge in [0, 0.05) is 18.0 Å². The third-order valence-electron chi connectivity index (χ3n) is 5.60. The number of hydrogen-bond acceptors (Lipinski definition) is 6. The molecule has 1 atom stereocenters. The molecule has 1 aromatic heterocycles. The van der Waals surface area contributed by atoms with E-state index in [-0.39, 0.29) is 6.61 Å². The Morgan fingerprint density at radius 3 is 2.79 bits per heavy atom. The second kappa shape index (κ2) is 8.36. The van der Waals surface area contributed by atoms with Gasteiger partial charge in [-0.25, -0.2) is 9.97 Å². The minimum Gasteiger partial charge on any atom is -0.390 e. The van der Waals surface area contributed by atoms with Gasteiger partial charge in [-0.05, 0) is 43.7 Å². The van der Waals surface area contributed by atoms with Crippen LogP contribution in [0.4, 0.5) is 5.82 Å². The molecule has 2 aliphatic rings. The zero-order chi connectivity index (χ0) is 19.7. The Kier molecular flexibility index (Phi) is 6.04. The van der Waals surface area contributed by atoms with E-state index in [9.17, 15) is 5.11 Å². The van der Waals surface area contributed by atoms with Crippen LogP contribution in [0, 0.1) is 5.41 Å². The van der Waals surface area contributed by atoms with E-state index in [4.69, 9.17) is 27.9 Å². The maximum absolute atomic E-state index is 9.87. The third-order valence-corrected chi connectivity index (χ3v) is 7.50. The van der Waals surface area contributed by atoms with E-state index in [0.29, 0.717) is 32.3 Å². The van der Waals surface area contributed by atoms with Gasteiger partial charge in [0.2, 0.25) is 0 Å². The molecule has 2 aromatic rings. The first kappa shape index (κ1) is 20.2. The fourth-order valence-corrected chi connectivity index (χ4v) is 5.39. The number of rotatable bonds is 4. The first-order chi connectivity index (χ1) is 13.5. The summed E-state index contributed by atoms with van der Waals surface area (Å²) in [4.78, 5) is 12.3. The number of aliphatic hydroxyl groups excluding tert-OH is 1. The first-order valence-electron chi connectivity index (χ1n) is 9.45. The van der Waals surface area contributed by atoms with Crippen molar-refractivity contribution in [1.82, 2.24) is 9.97 Å². The van der Waals surface area contributed by atoms with Crippen molar-refractivity contribution in [3.63, 3.8) is 0 Å². The maximum Gasteiger partial charge on any atom is 0.152 e. The zero-order valence-corrected chi connectivity index (χ0v) is 18.0. The number of piperidine rings is 1. The molecule has 1 aromatic carbocycles. The van der Waals surface area contributed by atoms with Crippen molar-refractivity contribution in [3.05, 3.63) is 40.1 Å². The molecule has 0 radical (unpaired) electrons. The summed E-state index contributed by atoms with van der Waals surface area (Å²) in [6.45, 7) is 4.67. The third kappa shape index (κ3) is 4.12. The van der Waals surface area contributed by atoms with E-state index in [0.717, 1.165) is 49.7 Å². The van der Waals surface area contributed by atoms with Gasteiger partial charge in [-0.1, -0.05) is 41.0 Å². The molecule has 0 unspecified atom stereocenters. The summed E-state index contributed by atoms with van der Waals surface area (Å²) in [5, 5.41) is 11.6. The van der Waals surface area contributed by atoms with Gasteiger partial charge in [0.1, 0.15) is 10.7 Å². The lowest BCUT2D eigenvalue weighted by molar-refractivity contribution is 0.0975. The fourth-order valence-electron chi connectivity index (χ4n) is 4.09. The number of benzene rings is 1. The number of anilines is 1. The summed E-state index contributed by atoms with van der Waals surface area (Å²) in [5.74, 6) is 0.769. The molecule has 0 bridgehead atoms. The Bertz CT molecular complexity index is 859. The summed E-state index contributed by atoms with van der Waals surface area (Å²) in [5.41, 5.74) is 0.900. The van der Waals surface area contributed by atoms with Crippen LogP contribution in [-0.2, 0) is 11.3 Å². The predicted molar refractivity (Wildman–Crippen MR) is 112 cm³/mol. The van der Waals surface area contributed by atoms with E-state index >= 15 is 0 Å². The molecular formula is C20H23Cl2N3O2S. The van der Waals surface area contributed by atoms with Crippen molar-refractivity contribution in [1.29, 1.82) is 0 Å². The van der Waals surface area contributed by atoms with Crippen molar-refractivity contribution in [2.24, 2.45) is 5.41 Å². The van der Waals surface area contributed by atoms with Crippen molar-refractivity contribution >= 4 is 40.8 Å². The zero-order valence-electron chi connectivity index (χ0n) is 15.7. The molecule has 2 saturated heterocycles. The highest BCUT2D eigenvalue weighted by Gasteiger charge is 2.41. The molecule has 150 valence electrons. The Labute approximate surface area is 179 Å². The van der Waals surface area contributed by atoms with Crippen LogP contribution >= 0.6 is 35.0 Å². The molecule has 4 rings (SSSR count). The largest absolute Gasteiger partial charge is 0.390 e. The molecule has 2 fully saturated rings. The van der Waals surface area contributed by atoms with Gasteiger partial charge in [0.15, 0.2) is 5.82 Å². The highest BCUT2D eigenvalue weighted by Crippen LogP contribution is 2.43. The first-order valence-corrected chi connectivity index (χ1v) is 11.0. The summed E-state index contributed by atoms with van der Waals surface area (Å²) in [6, 6.07) is 5.49. The average molecular weight is 440 g/mol. The maximum atomic E-state index is 9.87. The Morgan fingerprint density at radius 1 is 1.32 bits per heavy atom. The lowest BCUT2D eigenvalue weighted by Crippen LogP contribution is -2.41. The van der Waals surface area contributed by atoms with Crippen LogP contribution in [0.25, 0.3) is 0 Å². The number of aromatic nitrogens is 2. The minimum atomic E-state index is -0.151. The summed E-state index contributed by atoms with van der Waals surface area (Å²) in [7, 11) is 0. The summed E-state index contributed by atoms with van der Waals surface area (Å²) in [6.07, 6.45) is 5.39. The Hall–Kier alpha value is -1.05. The monoisotopic (exact) mass is 439 g/mol. The van der Waals surface area contributed by atoms with Crippen LogP contribution < -0.4 is 4.90 Å². The van der Waals surface area contributed by atoms with Crippen molar-refractivity contribution in [2.75, 3.05) is 24.6 Å². The second-order valence-electron chi connectivity index (χ2n) is 7.60.